The summed E-state index contributed by atoms with van der Waals surface area (Å²) >= 11 is 0. The number of phenolic OH excluding ortho intramolecular Hbond substituents is 1. The van der Waals surface area contributed by atoms with Crippen molar-refractivity contribution in [3.05, 3.63) is 29.3 Å². The molecule has 0 saturated heterocycles. The van der Waals surface area contributed by atoms with Crippen molar-refractivity contribution in [2.45, 2.75) is 59.0 Å². The number of ether oxygens (including phenoxy) is 1. The number of esters is 1. The van der Waals surface area contributed by atoms with Gasteiger partial charge in [0.2, 0.25) is 0 Å². The summed E-state index contributed by atoms with van der Waals surface area (Å²) in [5.74, 6) is -0.213. The molecule has 0 saturated carbocycles. The van der Waals surface area contributed by atoms with Gasteiger partial charge in [0.05, 0.1) is 6.04 Å². The highest BCUT2D eigenvalue weighted by molar-refractivity contribution is 5.74. The number of benzene rings is 1. The van der Waals surface area contributed by atoms with Crippen molar-refractivity contribution >= 4 is 18.3 Å². The van der Waals surface area contributed by atoms with Crippen LogP contribution in [0.5, 0.6) is 5.75 Å². The van der Waals surface area contributed by atoms with Crippen molar-refractivity contribution < 1.29 is 24.2 Å². The van der Waals surface area contributed by atoms with Gasteiger partial charge in [0.15, 0.2) is 0 Å². The van der Waals surface area contributed by atoms with Crippen LogP contribution in [-0.2, 0) is 20.9 Å². The van der Waals surface area contributed by atoms with Crippen LogP contribution in [0.4, 0.5) is 4.79 Å². The maximum atomic E-state index is 12.7. The van der Waals surface area contributed by atoms with Crippen LogP contribution < -0.4 is 5.32 Å². The molecule has 0 aliphatic rings. The molecule has 1 unspecified atom stereocenters. The van der Waals surface area contributed by atoms with Gasteiger partial charge in [-0.1, -0.05) is 25.1 Å². The lowest BCUT2D eigenvalue weighted by Crippen LogP contribution is -2.46. The first-order valence-corrected chi connectivity index (χ1v) is 10.9. The first kappa shape index (κ1) is 26.4. The Balaban J connectivity index is 2.67. The van der Waals surface area contributed by atoms with Crippen molar-refractivity contribution in [3.8, 4) is 5.75 Å². The number of hydrogen-bond donors (Lipinski definition) is 2. The third-order valence-electron chi connectivity index (χ3n) is 5.21. The molecule has 8 nitrogen and oxygen atoms in total. The van der Waals surface area contributed by atoms with E-state index < -0.39 is 0 Å². The minimum Gasteiger partial charge on any atom is -0.507 e. The molecule has 31 heavy (non-hydrogen) atoms. The molecule has 1 atom stereocenters. The molecule has 0 fully saturated rings. The normalized spacial score (nSPS) is 11.8. The largest absolute Gasteiger partial charge is 0.507 e. The van der Waals surface area contributed by atoms with Crippen LogP contribution >= 0.6 is 0 Å². The molecule has 8 heteroatoms. The summed E-state index contributed by atoms with van der Waals surface area (Å²) in [6.07, 6.45) is 3.90. The van der Waals surface area contributed by atoms with E-state index in [1.807, 2.05) is 6.07 Å². The van der Waals surface area contributed by atoms with Crippen LogP contribution in [0.1, 0.15) is 50.7 Å². The molecule has 174 valence electrons. The topological polar surface area (TPSA) is 99.2 Å². The fourth-order valence-electron chi connectivity index (χ4n) is 3.36. The number of para-hydroxylation sites is 1. The molecular weight excluding hydrogens is 398 g/mol. The molecule has 1 aromatic rings. The molecule has 0 bridgehead atoms. The Kier molecular flexibility index (Phi) is 12.3. The van der Waals surface area contributed by atoms with Crippen LogP contribution in [0.2, 0.25) is 0 Å². The first-order valence-electron chi connectivity index (χ1n) is 10.9. The maximum absolute atomic E-state index is 12.7. The number of carbonyl (C=O) groups is 3. The molecule has 0 aromatic heterocycles. The zero-order valence-corrected chi connectivity index (χ0v) is 19.2. The number of aryl methyl sites for hydroxylation is 1. The lowest BCUT2D eigenvalue weighted by atomic mass is 10.1. The first-order chi connectivity index (χ1) is 14.8. The van der Waals surface area contributed by atoms with Crippen LogP contribution in [-0.4, -0.2) is 72.5 Å². The molecule has 0 spiro atoms. The van der Waals surface area contributed by atoms with E-state index in [1.54, 1.807) is 31.0 Å². The Hall–Kier alpha value is -2.61. The summed E-state index contributed by atoms with van der Waals surface area (Å²) in [6.45, 7) is 8.02. The lowest BCUT2D eigenvalue weighted by molar-refractivity contribution is -0.142. The number of hydrogen-bond acceptors (Lipinski definition) is 6. The van der Waals surface area contributed by atoms with Crippen LogP contribution in [0.25, 0.3) is 0 Å². The maximum Gasteiger partial charge on any atom is 0.317 e. The van der Waals surface area contributed by atoms with Crippen LogP contribution in [0, 0.1) is 6.92 Å². The van der Waals surface area contributed by atoms with E-state index in [9.17, 15) is 19.5 Å². The van der Waals surface area contributed by atoms with E-state index in [2.05, 4.69) is 17.1 Å². The van der Waals surface area contributed by atoms with E-state index in [-0.39, 0.29) is 36.9 Å². The minimum atomic E-state index is -0.387. The fraction of sp³-hybridized carbons (Fsp3) is 0.609. The van der Waals surface area contributed by atoms with E-state index in [4.69, 9.17) is 4.74 Å². The number of amides is 2. The van der Waals surface area contributed by atoms with Gasteiger partial charge in [-0.2, -0.15) is 0 Å². The van der Waals surface area contributed by atoms with Crippen molar-refractivity contribution in [1.82, 2.24) is 15.1 Å². The number of nitrogens with one attached hydrogen (secondary N) is 1. The van der Waals surface area contributed by atoms with Gasteiger partial charge in [0, 0.05) is 39.0 Å². The van der Waals surface area contributed by atoms with E-state index in [0.29, 0.717) is 18.4 Å². The summed E-state index contributed by atoms with van der Waals surface area (Å²) in [7, 11) is 1.68. The predicted molar refractivity (Wildman–Crippen MR) is 120 cm³/mol. The zero-order valence-electron chi connectivity index (χ0n) is 19.2. The highest BCUT2D eigenvalue weighted by Gasteiger charge is 2.21. The average molecular weight is 436 g/mol. The number of aldehydes is 1. The number of nitrogens with zero attached hydrogens (tertiary/aromatic N) is 2. The minimum absolute atomic E-state index is 0.122. The Bertz CT molecular complexity index is 710. The molecule has 2 N–H and O–H groups in total. The fourth-order valence-corrected chi connectivity index (χ4v) is 3.36. The molecule has 2 amide bonds. The van der Waals surface area contributed by atoms with Gasteiger partial charge >= 0.3 is 12.0 Å². The third-order valence-corrected chi connectivity index (χ3v) is 5.21. The third kappa shape index (κ3) is 9.83. The second-order valence-corrected chi connectivity index (χ2v) is 7.75. The molecule has 0 aliphatic carbocycles. The van der Waals surface area contributed by atoms with Crippen LogP contribution in [0.15, 0.2) is 18.2 Å². The van der Waals surface area contributed by atoms with E-state index >= 15 is 0 Å². The predicted octanol–water partition coefficient (Wildman–Crippen LogP) is 2.85. The van der Waals surface area contributed by atoms with E-state index in [1.165, 1.54) is 6.92 Å². The second kappa shape index (κ2) is 14.4. The number of rotatable bonds is 14. The number of phenols is 1. The van der Waals surface area contributed by atoms with Gasteiger partial charge in [-0.25, -0.2) is 4.79 Å². The van der Waals surface area contributed by atoms with Crippen molar-refractivity contribution in [1.29, 1.82) is 0 Å². The van der Waals surface area contributed by atoms with Crippen molar-refractivity contribution in [3.63, 3.8) is 0 Å². The number of carbonyl (C=O) groups excluding carboxylic acids is 3. The quantitative estimate of drug-likeness (QED) is 0.344. The monoisotopic (exact) mass is 435 g/mol. The van der Waals surface area contributed by atoms with E-state index in [0.717, 1.165) is 44.3 Å². The van der Waals surface area contributed by atoms with Crippen molar-refractivity contribution in [2.24, 2.45) is 0 Å². The van der Waals surface area contributed by atoms with Gasteiger partial charge in [-0.15, -0.1) is 0 Å². The second-order valence-electron chi connectivity index (χ2n) is 7.75. The van der Waals surface area contributed by atoms with Gasteiger partial charge in [-0.3, -0.25) is 4.79 Å². The molecule has 1 aromatic carbocycles. The molecular formula is C23H37N3O5. The number of likely N-dealkylation sites (N-methyl/N-ethyl adjacent to an activating group) is 1. The highest BCUT2D eigenvalue weighted by atomic mass is 16.5. The van der Waals surface area contributed by atoms with Gasteiger partial charge in [-0.05, 0) is 44.8 Å². The van der Waals surface area contributed by atoms with Gasteiger partial charge in [0.25, 0.3) is 0 Å². The summed E-state index contributed by atoms with van der Waals surface area (Å²) in [5.41, 5.74) is 1.39. The zero-order chi connectivity index (χ0) is 23.2. The smallest absolute Gasteiger partial charge is 0.317 e. The highest BCUT2D eigenvalue weighted by Crippen LogP contribution is 2.21. The summed E-state index contributed by atoms with van der Waals surface area (Å²) in [6, 6.07) is 4.82. The summed E-state index contributed by atoms with van der Waals surface area (Å²) < 4.78 is 5.18. The molecule has 0 radical (unpaired) electrons. The summed E-state index contributed by atoms with van der Waals surface area (Å²) in [5, 5.41) is 12.9. The number of urea groups is 1. The SMILES string of the molecule is CCCN(CCC=O)CCCC(COC(C)=O)N(C)C(=O)NCc1cccc(C)c1O. The Morgan fingerprint density at radius 2 is 2.00 bits per heavy atom. The van der Waals surface area contributed by atoms with Gasteiger partial charge in [0.1, 0.15) is 18.6 Å². The Morgan fingerprint density at radius 1 is 1.26 bits per heavy atom. The molecule has 1 rings (SSSR count). The molecule has 0 heterocycles. The summed E-state index contributed by atoms with van der Waals surface area (Å²) in [4.78, 5) is 38.4. The Morgan fingerprint density at radius 3 is 2.65 bits per heavy atom. The lowest BCUT2D eigenvalue weighted by Gasteiger charge is -2.29. The number of aromatic hydroxyl groups is 1. The van der Waals surface area contributed by atoms with Gasteiger partial charge < -0.3 is 29.8 Å². The average Bonchev–Trinajstić information content (AvgIpc) is 2.74. The standard InChI is InChI=1S/C23H37N3O5/c1-5-12-26(14-8-15-27)13-7-11-21(17-31-19(3)28)25(4)23(30)24-16-20-10-6-9-18(2)22(20)29/h6,9-10,15,21,29H,5,7-8,11-14,16-17H2,1-4H3,(H,24,30). The molecule has 0 aliphatic heterocycles. The van der Waals surface area contributed by atoms with Crippen LogP contribution in [0.3, 0.4) is 0 Å². The van der Waals surface area contributed by atoms with Crippen molar-refractivity contribution in [2.75, 3.05) is 33.3 Å². The Labute approximate surface area is 185 Å².